The first-order valence-electron chi connectivity index (χ1n) is 6.00. The smallest absolute Gasteiger partial charge is 0.217 e. The average Bonchev–Trinajstić information content (AvgIpc) is 2.70. The van der Waals surface area contributed by atoms with Gasteiger partial charge in [-0.15, -0.1) is 0 Å². The van der Waals surface area contributed by atoms with Gasteiger partial charge in [0.1, 0.15) is 0 Å². The molecule has 98 valence electrons. The third kappa shape index (κ3) is 2.72. The Morgan fingerprint density at radius 3 is 2.72 bits per heavy atom. The molecule has 1 fully saturated rings. The van der Waals surface area contributed by atoms with Gasteiger partial charge in [0.2, 0.25) is 5.91 Å². The molecule has 1 N–H and O–H groups in total. The Bertz CT molecular complexity index is 477. The average molecular weight is 269 g/mol. The highest BCUT2D eigenvalue weighted by atomic mass is 35.5. The maximum Gasteiger partial charge on any atom is 0.217 e. The van der Waals surface area contributed by atoms with Gasteiger partial charge in [0, 0.05) is 26.1 Å². The van der Waals surface area contributed by atoms with Crippen LogP contribution in [0.3, 0.4) is 0 Å². The normalized spacial score (nSPS) is 19.1. The molecule has 0 radical (unpaired) electrons. The molecule has 0 aliphatic carbocycles. The van der Waals surface area contributed by atoms with E-state index < -0.39 is 0 Å². The summed E-state index contributed by atoms with van der Waals surface area (Å²) in [6, 6.07) is 0.168. The summed E-state index contributed by atoms with van der Waals surface area (Å²) >= 11 is 6.13. The number of nitrogens with one attached hydrogen (secondary N) is 1. The number of aromatic nitrogens is 2. The number of amides is 1. The van der Waals surface area contributed by atoms with Gasteiger partial charge in [0.15, 0.2) is 11.0 Å². The molecule has 0 spiro atoms. The first kappa shape index (κ1) is 13.1. The fourth-order valence-corrected chi connectivity index (χ4v) is 2.41. The lowest BCUT2D eigenvalue weighted by molar-refractivity contribution is -0.119. The van der Waals surface area contributed by atoms with E-state index in [0.717, 1.165) is 30.9 Å². The summed E-state index contributed by atoms with van der Waals surface area (Å²) in [6.45, 7) is 6.91. The Balaban J connectivity index is 2.14. The van der Waals surface area contributed by atoms with Gasteiger partial charge in [-0.05, 0) is 20.3 Å². The number of rotatable bonds is 2. The quantitative estimate of drug-likeness (QED) is 0.882. The molecule has 1 amide bonds. The Morgan fingerprint density at radius 2 is 2.06 bits per heavy atom. The van der Waals surface area contributed by atoms with Crippen LogP contribution >= 0.6 is 11.6 Å². The van der Waals surface area contributed by atoms with Gasteiger partial charge in [-0.2, -0.15) is 0 Å². The van der Waals surface area contributed by atoms with Crippen LogP contribution in [0, 0.1) is 13.8 Å². The standard InChI is InChI=1S/C12H17ClN4O/c1-7-8(2)15-12(11(13)14-7)17-5-4-10(6-17)16-9(3)18/h10H,4-6H2,1-3H3,(H,16,18). The SMILES string of the molecule is CC(=O)NC1CCN(c2nc(C)c(C)nc2Cl)C1. The van der Waals surface area contributed by atoms with E-state index in [4.69, 9.17) is 11.6 Å². The molecule has 6 heteroatoms. The van der Waals surface area contributed by atoms with Gasteiger partial charge in [-0.3, -0.25) is 4.79 Å². The molecule has 1 unspecified atom stereocenters. The molecule has 1 saturated heterocycles. The number of hydrogen-bond acceptors (Lipinski definition) is 4. The van der Waals surface area contributed by atoms with Gasteiger partial charge in [0.05, 0.1) is 11.4 Å². The van der Waals surface area contributed by atoms with E-state index in [0.29, 0.717) is 11.0 Å². The van der Waals surface area contributed by atoms with Crippen molar-refractivity contribution >= 4 is 23.3 Å². The van der Waals surface area contributed by atoms with Crippen molar-refractivity contribution in [3.05, 3.63) is 16.5 Å². The lowest BCUT2D eigenvalue weighted by atomic mass is 10.3. The van der Waals surface area contributed by atoms with Crippen LogP contribution in [0.1, 0.15) is 24.7 Å². The largest absolute Gasteiger partial charge is 0.352 e. The summed E-state index contributed by atoms with van der Waals surface area (Å²) in [5, 5.41) is 3.35. The summed E-state index contributed by atoms with van der Waals surface area (Å²) in [6.07, 6.45) is 0.907. The first-order chi connectivity index (χ1) is 8.47. The van der Waals surface area contributed by atoms with Crippen molar-refractivity contribution in [2.45, 2.75) is 33.2 Å². The van der Waals surface area contributed by atoms with E-state index in [1.165, 1.54) is 6.92 Å². The highest BCUT2D eigenvalue weighted by molar-refractivity contribution is 6.31. The lowest BCUT2D eigenvalue weighted by Crippen LogP contribution is -2.35. The van der Waals surface area contributed by atoms with Gasteiger partial charge < -0.3 is 10.2 Å². The van der Waals surface area contributed by atoms with Crippen molar-refractivity contribution in [3.8, 4) is 0 Å². The summed E-state index contributed by atoms with van der Waals surface area (Å²) in [5.74, 6) is 0.715. The topological polar surface area (TPSA) is 58.1 Å². The predicted octanol–water partition coefficient (Wildman–Crippen LogP) is 1.46. The van der Waals surface area contributed by atoms with Crippen molar-refractivity contribution in [1.29, 1.82) is 0 Å². The van der Waals surface area contributed by atoms with Crippen LogP contribution < -0.4 is 10.2 Å². The maximum atomic E-state index is 11.0. The minimum atomic E-state index is -0.000817. The van der Waals surface area contributed by atoms with E-state index in [1.54, 1.807) is 0 Å². The van der Waals surface area contributed by atoms with Crippen molar-refractivity contribution < 1.29 is 4.79 Å². The second-order valence-electron chi connectivity index (χ2n) is 4.64. The van der Waals surface area contributed by atoms with Gasteiger partial charge in [-0.25, -0.2) is 9.97 Å². The Hall–Kier alpha value is -1.36. The molecular weight excluding hydrogens is 252 g/mol. The molecule has 0 saturated carbocycles. The molecule has 2 heterocycles. The molecule has 1 aromatic rings. The Morgan fingerprint density at radius 1 is 1.39 bits per heavy atom. The molecule has 0 bridgehead atoms. The highest BCUT2D eigenvalue weighted by Crippen LogP contribution is 2.26. The molecule has 1 atom stereocenters. The van der Waals surface area contributed by atoms with Crippen molar-refractivity contribution in [1.82, 2.24) is 15.3 Å². The summed E-state index contributed by atoms with van der Waals surface area (Å²) in [7, 11) is 0. The van der Waals surface area contributed by atoms with Crippen LogP contribution in [0.25, 0.3) is 0 Å². The molecular formula is C12H17ClN4O. The van der Waals surface area contributed by atoms with E-state index in [2.05, 4.69) is 20.2 Å². The molecule has 1 aliphatic rings. The fraction of sp³-hybridized carbons (Fsp3) is 0.583. The molecule has 0 aromatic carbocycles. The number of carbonyl (C=O) groups is 1. The van der Waals surface area contributed by atoms with Crippen LogP contribution in [-0.4, -0.2) is 35.0 Å². The molecule has 1 aliphatic heterocycles. The van der Waals surface area contributed by atoms with Crippen molar-refractivity contribution in [3.63, 3.8) is 0 Å². The number of hydrogen-bond donors (Lipinski definition) is 1. The van der Waals surface area contributed by atoms with Crippen LogP contribution in [0.15, 0.2) is 0 Å². The van der Waals surface area contributed by atoms with Gasteiger partial charge in [0.25, 0.3) is 0 Å². The minimum absolute atomic E-state index is 0.000817. The predicted molar refractivity (Wildman–Crippen MR) is 71.0 cm³/mol. The molecule has 1 aromatic heterocycles. The third-order valence-corrected chi connectivity index (χ3v) is 3.40. The molecule has 18 heavy (non-hydrogen) atoms. The van der Waals surface area contributed by atoms with Crippen LogP contribution in [-0.2, 0) is 4.79 Å². The number of halogens is 1. The monoisotopic (exact) mass is 268 g/mol. The second kappa shape index (κ2) is 5.10. The van der Waals surface area contributed by atoms with E-state index in [9.17, 15) is 4.79 Å². The summed E-state index contributed by atoms with van der Waals surface area (Å²) in [4.78, 5) is 21.9. The zero-order valence-corrected chi connectivity index (χ0v) is 11.6. The minimum Gasteiger partial charge on any atom is -0.352 e. The first-order valence-corrected chi connectivity index (χ1v) is 6.38. The van der Waals surface area contributed by atoms with Crippen LogP contribution in [0.2, 0.25) is 5.15 Å². The van der Waals surface area contributed by atoms with E-state index in [1.807, 2.05) is 13.8 Å². The van der Waals surface area contributed by atoms with Crippen molar-refractivity contribution in [2.75, 3.05) is 18.0 Å². The van der Waals surface area contributed by atoms with Crippen LogP contribution in [0.5, 0.6) is 0 Å². The number of anilines is 1. The maximum absolute atomic E-state index is 11.0. The lowest BCUT2D eigenvalue weighted by Gasteiger charge is -2.19. The number of aryl methyl sites for hydroxylation is 2. The Labute approximate surface area is 112 Å². The summed E-state index contributed by atoms with van der Waals surface area (Å²) < 4.78 is 0. The van der Waals surface area contributed by atoms with Gasteiger partial charge in [-0.1, -0.05) is 11.6 Å². The number of nitrogens with zero attached hydrogens (tertiary/aromatic N) is 3. The zero-order valence-electron chi connectivity index (χ0n) is 10.8. The van der Waals surface area contributed by atoms with E-state index in [-0.39, 0.29) is 11.9 Å². The van der Waals surface area contributed by atoms with Crippen LogP contribution in [0.4, 0.5) is 5.82 Å². The summed E-state index contributed by atoms with van der Waals surface area (Å²) in [5.41, 5.74) is 1.73. The zero-order chi connectivity index (χ0) is 13.3. The third-order valence-electron chi connectivity index (χ3n) is 3.14. The highest BCUT2D eigenvalue weighted by Gasteiger charge is 2.26. The van der Waals surface area contributed by atoms with E-state index >= 15 is 0 Å². The molecule has 5 nitrogen and oxygen atoms in total. The number of carbonyl (C=O) groups excluding carboxylic acids is 1. The molecule has 2 rings (SSSR count). The van der Waals surface area contributed by atoms with Gasteiger partial charge >= 0.3 is 0 Å². The second-order valence-corrected chi connectivity index (χ2v) is 5.00. The Kier molecular flexibility index (Phi) is 3.71. The fourth-order valence-electron chi connectivity index (χ4n) is 2.12. The van der Waals surface area contributed by atoms with Crippen molar-refractivity contribution in [2.24, 2.45) is 0 Å².